The molecule has 2 heterocycles. The number of hydrogen-bond donors (Lipinski definition) is 0. The van der Waals surface area contributed by atoms with Crippen LogP contribution in [0.25, 0.3) is 0 Å². The van der Waals surface area contributed by atoms with E-state index in [1.165, 1.54) is 18.4 Å². The van der Waals surface area contributed by atoms with E-state index in [1.54, 1.807) is 11.1 Å². The zero-order chi connectivity index (χ0) is 9.05. The second-order valence-corrected chi connectivity index (χ2v) is 6.12. The number of hydrogen-bond acceptors (Lipinski definition) is 1. The molecular weight excluding hydrogens is 176 g/mol. The molecular formula is C12H14S. The fraction of sp³-hybridized carbons (Fsp3) is 0.500. The van der Waals surface area contributed by atoms with Gasteiger partial charge in [0, 0.05) is 10.00 Å². The molecule has 2 aliphatic rings. The molecule has 1 heteroatoms. The van der Waals surface area contributed by atoms with Gasteiger partial charge >= 0.3 is 0 Å². The molecule has 3 rings (SSSR count). The standard InChI is InChI=1S/C12H14S/c1-8-4-3-5-9-10-6-7-12(2,13-10)11(8)9/h3-5,10H,6-7H2,1-2H3/t10-,12+/m0/s1. The molecule has 1 aromatic carbocycles. The summed E-state index contributed by atoms with van der Waals surface area (Å²) in [5, 5.41) is 0.805. The van der Waals surface area contributed by atoms with Crippen LogP contribution in [0.2, 0.25) is 0 Å². The van der Waals surface area contributed by atoms with E-state index >= 15 is 0 Å². The van der Waals surface area contributed by atoms with Gasteiger partial charge in [-0.1, -0.05) is 18.2 Å². The minimum Gasteiger partial charge on any atom is -0.142 e. The molecule has 1 aromatic rings. The van der Waals surface area contributed by atoms with Crippen molar-refractivity contribution >= 4 is 11.8 Å². The van der Waals surface area contributed by atoms with Gasteiger partial charge in [-0.3, -0.25) is 0 Å². The number of thioether (sulfide) groups is 1. The van der Waals surface area contributed by atoms with Crippen LogP contribution in [-0.4, -0.2) is 0 Å². The van der Waals surface area contributed by atoms with Crippen LogP contribution in [0.1, 0.15) is 41.7 Å². The molecule has 0 unspecified atom stereocenters. The Morgan fingerprint density at radius 3 is 3.08 bits per heavy atom. The Morgan fingerprint density at radius 2 is 2.31 bits per heavy atom. The maximum Gasteiger partial charge on any atom is 0.0392 e. The minimum absolute atomic E-state index is 0.450. The Kier molecular flexibility index (Phi) is 1.42. The summed E-state index contributed by atoms with van der Waals surface area (Å²) < 4.78 is 0.450. The van der Waals surface area contributed by atoms with Crippen LogP contribution in [0.4, 0.5) is 0 Å². The van der Waals surface area contributed by atoms with E-state index in [0.29, 0.717) is 4.75 Å². The van der Waals surface area contributed by atoms with Gasteiger partial charge in [0.25, 0.3) is 0 Å². The van der Waals surface area contributed by atoms with E-state index in [2.05, 4.69) is 43.8 Å². The zero-order valence-corrected chi connectivity index (χ0v) is 8.95. The number of aryl methyl sites for hydroxylation is 1. The monoisotopic (exact) mass is 190 g/mol. The Hall–Kier alpha value is -0.430. The van der Waals surface area contributed by atoms with Gasteiger partial charge in [-0.25, -0.2) is 0 Å². The molecule has 0 radical (unpaired) electrons. The van der Waals surface area contributed by atoms with Gasteiger partial charge in [0.1, 0.15) is 0 Å². The molecule has 0 nitrogen and oxygen atoms in total. The molecule has 0 aromatic heterocycles. The van der Waals surface area contributed by atoms with Crippen molar-refractivity contribution in [3.63, 3.8) is 0 Å². The fourth-order valence-electron chi connectivity index (χ4n) is 2.92. The summed E-state index contributed by atoms with van der Waals surface area (Å²) >= 11 is 2.18. The highest BCUT2D eigenvalue weighted by Crippen LogP contribution is 2.65. The molecule has 2 aliphatic heterocycles. The van der Waals surface area contributed by atoms with Gasteiger partial charge < -0.3 is 0 Å². The van der Waals surface area contributed by atoms with E-state index in [4.69, 9.17) is 0 Å². The van der Waals surface area contributed by atoms with Crippen molar-refractivity contribution in [2.24, 2.45) is 0 Å². The third-order valence-electron chi connectivity index (χ3n) is 3.47. The van der Waals surface area contributed by atoms with Crippen LogP contribution in [0, 0.1) is 6.92 Å². The average molecular weight is 190 g/mol. The Bertz CT molecular complexity index is 369. The first-order valence-corrected chi connectivity index (χ1v) is 5.86. The van der Waals surface area contributed by atoms with Crippen molar-refractivity contribution in [2.45, 2.75) is 36.7 Å². The first kappa shape index (κ1) is 7.93. The Labute approximate surface area is 83.7 Å². The molecule has 0 saturated carbocycles. The first-order chi connectivity index (χ1) is 6.21. The van der Waals surface area contributed by atoms with Crippen LogP contribution in [-0.2, 0) is 4.75 Å². The highest BCUT2D eigenvalue weighted by Gasteiger charge is 2.47. The molecule has 2 bridgehead atoms. The molecule has 1 fully saturated rings. The summed E-state index contributed by atoms with van der Waals surface area (Å²) in [6.45, 7) is 4.67. The van der Waals surface area contributed by atoms with Crippen molar-refractivity contribution in [2.75, 3.05) is 0 Å². The Balaban J connectivity index is 2.30. The molecule has 1 saturated heterocycles. The first-order valence-electron chi connectivity index (χ1n) is 4.98. The molecule has 0 N–H and O–H groups in total. The second-order valence-electron chi connectivity index (χ2n) is 4.42. The van der Waals surface area contributed by atoms with E-state index in [1.807, 2.05) is 0 Å². The summed E-state index contributed by atoms with van der Waals surface area (Å²) in [6, 6.07) is 6.79. The summed E-state index contributed by atoms with van der Waals surface area (Å²) in [6.07, 6.45) is 2.76. The predicted molar refractivity (Wildman–Crippen MR) is 58.1 cm³/mol. The van der Waals surface area contributed by atoms with E-state index in [-0.39, 0.29) is 0 Å². The lowest BCUT2D eigenvalue weighted by atomic mass is 9.81. The van der Waals surface area contributed by atoms with Crippen molar-refractivity contribution < 1.29 is 0 Å². The van der Waals surface area contributed by atoms with Crippen molar-refractivity contribution in [3.8, 4) is 0 Å². The molecule has 13 heavy (non-hydrogen) atoms. The lowest BCUT2D eigenvalue weighted by Gasteiger charge is -2.24. The molecule has 0 spiro atoms. The van der Waals surface area contributed by atoms with Gasteiger partial charge in [0.15, 0.2) is 0 Å². The highest BCUT2D eigenvalue weighted by molar-refractivity contribution is 8.01. The van der Waals surface area contributed by atoms with Crippen molar-refractivity contribution in [1.82, 2.24) is 0 Å². The normalized spacial score (nSPS) is 35.1. The SMILES string of the molecule is Cc1cccc2c1[C@@]1(C)CC[C@@H]2S1. The third-order valence-corrected chi connectivity index (χ3v) is 5.17. The number of fused-ring (bicyclic) bond motifs is 5. The van der Waals surface area contributed by atoms with E-state index in [9.17, 15) is 0 Å². The van der Waals surface area contributed by atoms with E-state index < -0.39 is 0 Å². The maximum atomic E-state index is 2.41. The predicted octanol–water partition coefficient (Wildman–Crippen LogP) is 3.79. The van der Waals surface area contributed by atoms with Crippen LogP contribution in [0.5, 0.6) is 0 Å². The summed E-state index contributed by atoms with van der Waals surface area (Å²) in [5.74, 6) is 0. The molecule has 2 atom stereocenters. The fourth-order valence-corrected chi connectivity index (χ4v) is 4.74. The van der Waals surface area contributed by atoms with E-state index in [0.717, 1.165) is 5.25 Å². The highest BCUT2D eigenvalue weighted by atomic mass is 32.2. The third kappa shape index (κ3) is 0.887. The van der Waals surface area contributed by atoms with Gasteiger partial charge in [0.2, 0.25) is 0 Å². The summed E-state index contributed by atoms with van der Waals surface area (Å²) in [7, 11) is 0. The van der Waals surface area contributed by atoms with Crippen molar-refractivity contribution in [3.05, 3.63) is 34.9 Å². The quantitative estimate of drug-likeness (QED) is 0.599. The van der Waals surface area contributed by atoms with Crippen LogP contribution >= 0.6 is 11.8 Å². The lowest BCUT2D eigenvalue weighted by molar-refractivity contribution is 0.587. The summed E-state index contributed by atoms with van der Waals surface area (Å²) in [5.41, 5.74) is 4.77. The topological polar surface area (TPSA) is 0 Å². The van der Waals surface area contributed by atoms with Crippen LogP contribution in [0.15, 0.2) is 18.2 Å². The maximum absolute atomic E-state index is 2.41. The summed E-state index contributed by atoms with van der Waals surface area (Å²) in [4.78, 5) is 0. The molecule has 0 aliphatic carbocycles. The minimum atomic E-state index is 0.450. The molecule has 0 amide bonds. The van der Waals surface area contributed by atoms with Gasteiger partial charge in [-0.15, -0.1) is 11.8 Å². The largest absolute Gasteiger partial charge is 0.142 e. The van der Waals surface area contributed by atoms with Crippen molar-refractivity contribution in [1.29, 1.82) is 0 Å². The van der Waals surface area contributed by atoms with Crippen LogP contribution < -0.4 is 0 Å². The number of rotatable bonds is 0. The van der Waals surface area contributed by atoms with Gasteiger partial charge in [-0.05, 0) is 43.4 Å². The van der Waals surface area contributed by atoms with Gasteiger partial charge in [0.05, 0.1) is 0 Å². The smallest absolute Gasteiger partial charge is 0.0392 e. The zero-order valence-electron chi connectivity index (χ0n) is 8.13. The average Bonchev–Trinajstić information content (AvgIpc) is 2.59. The lowest BCUT2D eigenvalue weighted by Crippen LogP contribution is -2.15. The second kappa shape index (κ2) is 2.33. The molecule has 68 valence electrons. The Morgan fingerprint density at radius 1 is 1.46 bits per heavy atom. The van der Waals surface area contributed by atoms with Gasteiger partial charge in [-0.2, -0.15) is 0 Å². The van der Waals surface area contributed by atoms with Crippen LogP contribution in [0.3, 0.4) is 0 Å². The number of benzene rings is 1.